The Morgan fingerprint density at radius 1 is 1.39 bits per heavy atom. The molecule has 1 atom stereocenters. The number of nitrogens with one attached hydrogen (secondary N) is 1. The number of hydrogen-bond donors (Lipinski definition) is 1. The summed E-state index contributed by atoms with van der Waals surface area (Å²) in [5.41, 5.74) is 0.784. The third-order valence-electron chi connectivity index (χ3n) is 3.91. The molecule has 0 saturated carbocycles. The summed E-state index contributed by atoms with van der Waals surface area (Å²) in [6.45, 7) is 4.33. The van der Waals surface area contributed by atoms with E-state index in [1.807, 2.05) is 30.8 Å². The van der Waals surface area contributed by atoms with Gasteiger partial charge in [0.25, 0.3) is 5.56 Å². The van der Waals surface area contributed by atoms with Crippen LogP contribution in [0.5, 0.6) is 0 Å². The highest BCUT2D eigenvalue weighted by atomic mass is 16.2. The van der Waals surface area contributed by atoms with E-state index in [0.717, 1.165) is 24.4 Å². The molecule has 0 fully saturated rings. The minimum Gasteiger partial charge on any atom is -0.346 e. The van der Waals surface area contributed by atoms with Crippen molar-refractivity contribution in [1.29, 1.82) is 0 Å². The Kier molecular flexibility index (Phi) is 5.73. The zero-order chi connectivity index (χ0) is 16.8. The van der Waals surface area contributed by atoms with Gasteiger partial charge in [0.1, 0.15) is 5.82 Å². The Morgan fingerprint density at radius 2 is 2.17 bits per heavy atom. The summed E-state index contributed by atoms with van der Waals surface area (Å²) in [7, 11) is 1.92. The maximum Gasteiger partial charge on any atom is 0.250 e. The fourth-order valence-electron chi connectivity index (χ4n) is 2.66. The first-order chi connectivity index (χ1) is 11.0. The number of imidazole rings is 1. The largest absolute Gasteiger partial charge is 0.346 e. The lowest BCUT2D eigenvalue weighted by molar-refractivity contribution is -0.122. The summed E-state index contributed by atoms with van der Waals surface area (Å²) in [6.07, 6.45) is 5.67. The molecular formula is C17H24N4O2. The Bertz CT molecular complexity index is 717. The molecule has 0 unspecified atom stereocenters. The molecule has 2 rings (SSSR count). The third-order valence-corrected chi connectivity index (χ3v) is 3.91. The van der Waals surface area contributed by atoms with Crippen molar-refractivity contribution in [3.05, 3.63) is 52.5 Å². The molecule has 23 heavy (non-hydrogen) atoms. The molecule has 0 radical (unpaired) electrons. The molecular weight excluding hydrogens is 292 g/mol. The summed E-state index contributed by atoms with van der Waals surface area (Å²) in [5.74, 6) is 0.787. The highest BCUT2D eigenvalue weighted by Crippen LogP contribution is 2.16. The van der Waals surface area contributed by atoms with E-state index in [-0.39, 0.29) is 23.9 Å². The lowest BCUT2D eigenvalue weighted by Crippen LogP contribution is -2.32. The van der Waals surface area contributed by atoms with Crippen molar-refractivity contribution in [2.45, 2.75) is 45.7 Å². The van der Waals surface area contributed by atoms with E-state index < -0.39 is 0 Å². The molecule has 2 aromatic rings. The second-order valence-corrected chi connectivity index (χ2v) is 5.71. The van der Waals surface area contributed by atoms with Gasteiger partial charge >= 0.3 is 0 Å². The Balaban J connectivity index is 2.00. The van der Waals surface area contributed by atoms with Crippen molar-refractivity contribution in [1.82, 2.24) is 19.4 Å². The normalized spacial score (nSPS) is 12.1. The van der Waals surface area contributed by atoms with Crippen molar-refractivity contribution in [3.8, 4) is 0 Å². The summed E-state index contributed by atoms with van der Waals surface area (Å²) < 4.78 is 3.54. The highest BCUT2D eigenvalue weighted by Gasteiger charge is 2.17. The SMILES string of the molecule is CCC[C@H](NC(=O)CCn1c(C)cccc1=O)c1nccn1C. The smallest absolute Gasteiger partial charge is 0.250 e. The van der Waals surface area contributed by atoms with Crippen LogP contribution in [0, 0.1) is 6.92 Å². The van der Waals surface area contributed by atoms with E-state index in [0.29, 0.717) is 6.54 Å². The lowest BCUT2D eigenvalue weighted by atomic mass is 10.1. The second-order valence-electron chi connectivity index (χ2n) is 5.71. The molecule has 0 spiro atoms. The molecule has 2 aromatic heterocycles. The average molecular weight is 316 g/mol. The van der Waals surface area contributed by atoms with Gasteiger partial charge in [0, 0.05) is 44.2 Å². The third kappa shape index (κ3) is 4.31. The molecule has 2 heterocycles. The van der Waals surface area contributed by atoms with Crippen LogP contribution in [0.1, 0.15) is 43.7 Å². The van der Waals surface area contributed by atoms with Crippen LogP contribution in [0.2, 0.25) is 0 Å². The zero-order valence-electron chi connectivity index (χ0n) is 14.0. The first-order valence-electron chi connectivity index (χ1n) is 7.96. The summed E-state index contributed by atoms with van der Waals surface area (Å²) in [4.78, 5) is 28.4. The number of aromatic nitrogens is 3. The van der Waals surface area contributed by atoms with Gasteiger partial charge in [-0.2, -0.15) is 0 Å². The lowest BCUT2D eigenvalue weighted by Gasteiger charge is -2.18. The monoisotopic (exact) mass is 316 g/mol. The van der Waals surface area contributed by atoms with Gasteiger partial charge in [0.15, 0.2) is 0 Å². The molecule has 6 heteroatoms. The second kappa shape index (κ2) is 7.76. The van der Waals surface area contributed by atoms with Gasteiger partial charge in [-0.3, -0.25) is 9.59 Å². The van der Waals surface area contributed by atoms with Crippen molar-refractivity contribution in [3.63, 3.8) is 0 Å². The van der Waals surface area contributed by atoms with Gasteiger partial charge in [-0.25, -0.2) is 4.98 Å². The van der Waals surface area contributed by atoms with Crippen LogP contribution in [0.25, 0.3) is 0 Å². The van der Waals surface area contributed by atoms with Crippen LogP contribution < -0.4 is 10.9 Å². The van der Waals surface area contributed by atoms with Crippen molar-refractivity contribution >= 4 is 5.91 Å². The van der Waals surface area contributed by atoms with Crippen LogP contribution >= 0.6 is 0 Å². The fraction of sp³-hybridized carbons (Fsp3) is 0.471. The Morgan fingerprint density at radius 3 is 2.78 bits per heavy atom. The molecule has 6 nitrogen and oxygen atoms in total. The Hall–Kier alpha value is -2.37. The van der Waals surface area contributed by atoms with Gasteiger partial charge < -0.3 is 14.5 Å². The summed E-state index contributed by atoms with van der Waals surface area (Å²) in [6, 6.07) is 5.01. The van der Waals surface area contributed by atoms with E-state index in [1.165, 1.54) is 6.07 Å². The van der Waals surface area contributed by atoms with E-state index in [9.17, 15) is 9.59 Å². The number of amides is 1. The number of carbonyl (C=O) groups excluding carboxylic acids is 1. The first-order valence-corrected chi connectivity index (χ1v) is 7.96. The van der Waals surface area contributed by atoms with Crippen LogP contribution in [0.3, 0.4) is 0 Å². The van der Waals surface area contributed by atoms with Crippen molar-refractivity contribution in [2.24, 2.45) is 7.05 Å². The van der Waals surface area contributed by atoms with Gasteiger partial charge in [-0.15, -0.1) is 0 Å². The van der Waals surface area contributed by atoms with Crippen LogP contribution in [-0.4, -0.2) is 20.0 Å². The van der Waals surface area contributed by atoms with E-state index >= 15 is 0 Å². The molecule has 0 saturated heterocycles. The number of aryl methyl sites for hydroxylation is 2. The quantitative estimate of drug-likeness (QED) is 0.848. The molecule has 1 N–H and O–H groups in total. The predicted octanol–water partition coefficient (Wildman–Crippen LogP) is 1.94. The zero-order valence-corrected chi connectivity index (χ0v) is 14.0. The highest BCUT2D eigenvalue weighted by molar-refractivity contribution is 5.76. The van der Waals surface area contributed by atoms with Gasteiger partial charge in [-0.05, 0) is 19.4 Å². The summed E-state index contributed by atoms with van der Waals surface area (Å²) >= 11 is 0. The minimum atomic E-state index is -0.0962. The van der Waals surface area contributed by atoms with Gasteiger partial charge in [0.2, 0.25) is 5.91 Å². The molecule has 0 aliphatic carbocycles. The maximum atomic E-state index is 12.3. The number of pyridine rings is 1. The van der Waals surface area contributed by atoms with E-state index in [1.54, 1.807) is 16.8 Å². The standard InChI is InChI=1S/C17H24N4O2/c1-4-6-14(17-18-10-12-20(17)3)19-15(22)9-11-21-13(2)7-5-8-16(21)23/h5,7-8,10,12,14H,4,6,9,11H2,1-3H3,(H,19,22)/t14-/m0/s1. The Labute approximate surface area is 136 Å². The number of hydrogen-bond acceptors (Lipinski definition) is 3. The fourth-order valence-corrected chi connectivity index (χ4v) is 2.66. The summed E-state index contributed by atoms with van der Waals surface area (Å²) in [5, 5.41) is 3.03. The minimum absolute atomic E-state index is 0.0680. The number of nitrogens with zero attached hydrogens (tertiary/aromatic N) is 3. The van der Waals surface area contributed by atoms with E-state index in [4.69, 9.17) is 0 Å². The van der Waals surface area contributed by atoms with Gasteiger partial charge in [-0.1, -0.05) is 19.4 Å². The van der Waals surface area contributed by atoms with Crippen molar-refractivity contribution < 1.29 is 4.79 Å². The van der Waals surface area contributed by atoms with E-state index in [2.05, 4.69) is 17.2 Å². The van der Waals surface area contributed by atoms with Crippen LogP contribution in [0.4, 0.5) is 0 Å². The predicted molar refractivity (Wildman–Crippen MR) is 89.1 cm³/mol. The van der Waals surface area contributed by atoms with Crippen LogP contribution in [0.15, 0.2) is 35.4 Å². The van der Waals surface area contributed by atoms with Crippen molar-refractivity contribution in [2.75, 3.05) is 0 Å². The van der Waals surface area contributed by atoms with Gasteiger partial charge in [0.05, 0.1) is 6.04 Å². The molecule has 0 aliphatic heterocycles. The molecule has 0 bridgehead atoms. The topological polar surface area (TPSA) is 68.9 Å². The number of rotatable bonds is 7. The first kappa shape index (κ1) is 17.0. The molecule has 124 valence electrons. The molecule has 0 aliphatic rings. The molecule has 0 aromatic carbocycles. The maximum absolute atomic E-state index is 12.3. The average Bonchev–Trinajstić information content (AvgIpc) is 2.92. The molecule has 1 amide bonds. The number of carbonyl (C=O) groups is 1. The van der Waals surface area contributed by atoms with Crippen LogP contribution in [-0.2, 0) is 18.4 Å².